The minimum absolute atomic E-state index is 0.122. The number of hydrogen-bond donors (Lipinski definition) is 2. The lowest BCUT2D eigenvalue weighted by Crippen LogP contribution is -2.35. The number of nitrogens with two attached hydrogens (primary N) is 1. The Morgan fingerprint density at radius 1 is 1.30 bits per heavy atom. The standard InChI is InChI=1S/C14H24N2O3S/c1-4-5-13(10-19-3)16-11(2)12-6-8-14(9-7-12)20(15,17)18/h6-9,11,13,16H,4-5,10H2,1-3H3,(H2,15,17,18). The van der Waals surface area contributed by atoms with Crippen LogP contribution in [0, 0.1) is 0 Å². The number of primary sulfonamides is 1. The van der Waals surface area contributed by atoms with Crippen molar-refractivity contribution >= 4 is 10.0 Å². The van der Waals surface area contributed by atoms with Crippen LogP contribution in [0.1, 0.15) is 38.3 Å². The maximum absolute atomic E-state index is 11.2. The first-order chi connectivity index (χ1) is 9.38. The van der Waals surface area contributed by atoms with E-state index in [0.29, 0.717) is 6.61 Å². The van der Waals surface area contributed by atoms with Crippen molar-refractivity contribution in [1.29, 1.82) is 0 Å². The van der Waals surface area contributed by atoms with Crippen molar-refractivity contribution in [2.75, 3.05) is 13.7 Å². The fourth-order valence-corrected chi connectivity index (χ4v) is 2.68. The maximum atomic E-state index is 11.2. The topological polar surface area (TPSA) is 81.4 Å². The third-order valence-corrected chi connectivity index (χ3v) is 4.13. The lowest BCUT2D eigenvalue weighted by atomic mass is 10.1. The number of benzene rings is 1. The number of ether oxygens (including phenoxy) is 1. The predicted octanol–water partition coefficient (Wildman–Crippen LogP) is 1.80. The smallest absolute Gasteiger partial charge is 0.238 e. The summed E-state index contributed by atoms with van der Waals surface area (Å²) < 4.78 is 27.6. The Balaban J connectivity index is 2.74. The summed E-state index contributed by atoms with van der Waals surface area (Å²) in [5.41, 5.74) is 1.02. The lowest BCUT2D eigenvalue weighted by molar-refractivity contribution is 0.157. The number of hydrogen-bond acceptors (Lipinski definition) is 4. The van der Waals surface area contributed by atoms with E-state index in [9.17, 15) is 8.42 Å². The third-order valence-electron chi connectivity index (χ3n) is 3.20. The minimum Gasteiger partial charge on any atom is -0.383 e. The summed E-state index contributed by atoms with van der Waals surface area (Å²) in [4.78, 5) is 0.135. The van der Waals surface area contributed by atoms with Crippen molar-refractivity contribution in [3.05, 3.63) is 29.8 Å². The number of sulfonamides is 1. The fraction of sp³-hybridized carbons (Fsp3) is 0.571. The van der Waals surface area contributed by atoms with E-state index in [0.717, 1.165) is 18.4 Å². The molecule has 2 unspecified atom stereocenters. The van der Waals surface area contributed by atoms with E-state index in [2.05, 4.69) is 12.2 Å². The van der Waals surface area contributed by atoms with E-state index in [4.69, 9.17) is 9.88 Å². The minimum atomic E-state index is -3.63. The van der Waals surface area contributed by atoms with Gasteiger partial charge in [-0.2, -0.15) is 0 Å². The molecule has 0 saturated carbocycles. The summed E-state index contributed by atoms with van der Waals surface area (Å²) in [6.07, 6.45) is 2.12. The van der Waals surface area contributed by atoms with Crippen LogP contribution < -0.4 is 10.5 Å². The van der Waals surface area contributed by atoms with Gasteiger partial charge in [-0.05, 0) is 31.0 Å². The molecule has 0 spiro atoms. The molecule has 2 atom stereocenters. The molecule has 0 bridgehead atoms. The summed E-state index contributed by atoms with van der Waals surface area (Å²) in [5.74, 6) is 0. The molecule has 0 aliphatic rings. The zero-order valence-electron chi connectivity index (χ0n) is 12.3. The average molecular weight is 300 g/mol. The largest absolute Gasteiger partial charge is 0.383 e. The monoisotopic (exact) mass is 300 g/mol. The van der Waals surface area contributed by atoms with Gasteiger partial charge in [0.15, 0.2) is 0 Å². The molecular weight excluding hydrogens is 276 g/mol. The Hall–Kier alpha value is -0.950. The molecule has 0 radical (unpaired) electrons. The van der Waals surface area contributed by atoms with E-state index in [1.807, 2.05) is 6.92 Å². The van der Waals surface area contributed by atoms with Gasteiger partial charge >= 0.3 is 0 Å². The number of methoxy groups -OCH3 is 1. The molecular formula is C14H24N2O3S. The van der Waals surface area contributed by atoms with Crippen LogP contribution in [0.4, 0.5) is 0 Å². The molecule has 0 saturated heterocycles. The van der Waals surface area contributed by atoms with E-state index in [-0.39, 0.29) is 17.0 Å². The lowest BCUT2D eigenvalue weighted by Gasteiger charge is -2.23. The van der Waals surface area contributed by atoms with Gasteiger partial charge in [-0.3, -0.25) is 0 Å². The molecule has 1 aromatic rings. The molecule has 1 aromatic carbocycles. The van der Waals surface area contributed by atoms with Crippen LogP contribution in [0.15, 0.2) is 29.2 Å². The van der Waals surface area contributed by atoms with E-state index in [1.54, 1.807) is 19.2 Å². The SMILES string of the molecule is CCCC(COC)NC(C)c1ccc(S(N)(=O)=O)cc1. The molecule has 5 nitrogen and oxygen atoms in total. The Morgan fingerprint density at radius 3 is 2.35 bits per heavy atom. The average Bonchev–Trinajstić information content (AvgIpc) is 2.38. The van der Waals surface area contributed by atoms with Gasteiger partial charge in [0.2, 0.25) is 10.0 Å². The highest BCUT2D eigenvalue weighted by Crippen LogP contribution is 2.16. The molecule has 0 aliphatic carbocycles. The van der Waals surface area contributed by atoms with Crippen molar-refractivity contribution < 1.29 is 13.2 Å². The van der Waals surface area contributed by atoms with Crippen LogP contribution in [0.25, 0.3) is 0 Å². The van der Waals surface area contributed by atoms with Crippen LogP contribution in [0.2, 0.25) is 0 Å². The highest BCUT2D eigenvalue weighted by molar-refractivity contribution is 7.89. The van der Waals surface area contributed by atoms with Crippen molar-refractivity contribution in [1.82, 2.24) is 5.32 Å². The van der Waals surface area contributed by atoms with Crippen LogP contribution >= 0.6 is 0 Å². The quantitative estimate of drug-likeness (QED) is 0.767. The van der Waals surface area contributed by atoms with Crippen LogP contribution in [0.5, 0.6) is 0 Å². The first-order valence-corrected chi connectivity index (χ1v) is 8.30. The van der Waals surface area contributed by atoms with Gasteiger partial charge in [0.05, 0.1) is 11.5 Å². The van der Waals surface area contributed by atoms with Gasteiger partial charge in [-0.15, -0.1) is 0 Å². The van der Waals surface area contributed by atoms with Crippen molar-refractivity contribution in [3.63, 3.8) is 0 Å². The summed E-state index contributed by atoms with van der Waals surface area (Å²) in [7, 11) is -1.94. The molecule has 6 heteroatoms. The first kappa shape index (κ1) is 17.1. The highest BCUT2D eigenvalue weighted by atomic mass is 32.2. The highest BCUT2D eigenvalue weighted by Gasteiger charge is 2.14. The second-order valence-corrected chi connectivity index (χ2v) is 6.50. The van der Waals surface area contributed by atoms with Crippen LogP contribution in [-0.2, 0) is 14.8 Å². The number of rotatable bonds is 8. The van der Waals surface area contributed by atoms with Crippen molar-refractivity contribution in [2.24, 2.45) is 5.14 Å². The third kappa shape index (κ3) is 5.20. The molecule has 0 fully saturated rings. The first-order valence-electron chi connectivity index (χ1n) is 6.76. The summed E-state index contributed by atoms with van der Waals surface area (Å²) in [6.45, 7) is 4.84. The Kier molecular flexibility index (Phi) is 6.61. The van der Waals surface area contributed by atoms with E-state index in [1.165, 1.54) is 12.1 Å². The van der Waals surface area contributed by atoms with Crippen molar-refractivity contribution in [3.8, 4) is 0 Å². The second-order valence-electron chi connectivity index (χ2n) is 4.94. The van der Waals surface area contributed by atoms with Gasteiger partial charge in [-0.25, -0.2) is 13.6 Å². The summed E-state index contributed by atoms with van der Waals surface area (Å²) in [6, 6.07) is 7.05. The molecule has 114 valence electrons. The fourth-order valence-electron chi connectivity index (χ4n) is 2.16. The van der Waals surface area contributed by atoms with Gasteiger partial charge in [0, 0.05) is 19.2 Å². The van der Waals surface area contributed by atoms with Crippen LogP contribution in [-0.4, -0.2) is 28.2 Å². The zero-order valence-corrected chi connectivity index (χ0v) is 13.1. The second kappa shape index (κ2) is 7.73. The molecule has 0 aliphatic heterocycles. The van der Waals surface area contributed by atoms with Crippen molar-refractivity contribution in [2.45, 2.75) is 43.7 Å². The molecule has 3 N–H and O–H groups in total. The predicted molar refractivity (Wildman–Crippen MR) is 79.9 cm³/mol. The number of nitrogens with one attached hydrogen (secondary N) is 1. The zero-order chi connectivity index (χ0) is 15.2. The Labute approximate surface area is 121 Å². The summed E-state index contributed by atoms with van der Waals surface area (Å²) >= 11 is 0. The molecule has 0 heterocycles. The normalized spacial score (nSPS) is 15.0. The van der Waals surface area contributed by atoms with Crippen LogP contribution in [0.3, 0.4) is 0 Å². The van der Waals surface area contributed by atoms with E-state index < -0.39 is 10.0 Å². The Morgan fingerprint density at radius 2 is 1.90 bits per heavy atom. The summed E-state index contributed by atoms with van der Waals surface area (Å²) in [5, 5.41) is 8.57. The molecule has 1 rings (SSSR count). The maximum Gasteiger partial charge on any atom is 0.238 e. The van der Waals surface area contributed by atoms with Gasteiger partial charge in [0.1, 0.15) is 0 Å². The van der Waals surface area contributed by atoms with Gasteiger partial charge < -0.3 is 10.1 Å². The molecule has 0 amide bonds. The molecule has 20 heavy (non-hydrogen) atoms. The molecule has 0 aromatic heterocycles. The van der Waals surface area contributed by atoms with Gasteiger partial charge in [-0.1, -0.05) is 25.5 Å². The van der Waals surface area contributed by atoms with E-state index >= 15 is 0 Å². The van der Waals surface area contributed by atoms with Gasteiger partial charge in [0.25, 0.3) is 0 Å². The Bertz CT molecular complexity index is 494.